The number of nitrogens with zero attached hydrogens (tertiary/aromatic N) is 4. The molecule has 2 aromatic heterocycles. The Kier molecular flexibility index (Phi) is 3.99. The number of aromatic nitrogens is 3. The minimum absolute atomic E-state index is 0.111. The quantitative estimate of drug-likeness (QED) is 0.738. The second kappa shape index (κ2) is 6.31. The SMILES string of the molecule is CCn1c(C2CCN(C(=O)c3ccc(C)cc3)C2)nc2cccnc21. The Balaban J connectivity index is 1.58. The van der Waals surface area contributed by atoms with E-state index in [9.17, 15) is 4.79 Å². The first kappa shape index (κ1) is 15.8. The van der Waals surface area contributed by atoms with Crippen LogP contribution in [0, 0.1) is 6.92 Å². The molecule has 1 atom stereocenters. The molecule has 1 fully saturated rings. The molecule has 5 heteroatoms. The summed E-state index contributed by atoms with van der Waals surface area (Å²) >= 11 is 0. The van der Waals surface area contributed by atoms with E-state index in [0.29, 0.717) is 0 Å². The molecule has 4 rings (SSSR count). The van der Waals surface area contributed by atoms with E-state index >= 15 is 0 Å². The Morgan fingerprint density at radius 1 is 1.24 bits per heavy atom. The largest absolute Gasteiger partial charge is 0.338 e. The summed E-state index contributed by atoms with van der Waals surface area (Å²) in [4.78, 5) is 24.0. The van der Waals surface area contributed by atoms with Crippen LogP contribution in [0.15, 0.2) is 42.6 Å². The average Bonchev–Trinajstić information content (AvgIpc) is 3.26. The molecule has 0 aliphatic carbocycles. The molecular formula is C20H22N4O. The van der Waals surface area contributed by atoms with Crippen molar-refractivity contribution in [3.8, 4) is 0 Å². The molecule has 0 N–H and O–H groups in total. The summed E-state index contributed by atoms with van der Waals surface area (Å²) in [7, 11) is 0. The maximum Gasteiger partial charge on any atom is 0.253 e. The maximum absolute atomic E-state index is 12.7. The fraction of sp³-hybridized carbons (Fsp3) is 0.350. The van der Waals surface area contributed by atoms with E-state index in [0.717, 1.165) is 48.6 Å². The van der Waals surface area contributed by atoms with E-state index < -0.39 is 0 Å². The summed E-state index contributed by atoms with van der Waals surface area (Å²) in [5, 5.41) is 0. The lowest BCUT2D eigenvalue weighted by Gasteiger charge is -2.17. The number of amides is 1. The van der Waals surface area contributed by atoms with Gasteiger partial charge >= 0.3 is 0 Å². The van der Waals surface area contributed by atoms with E-state index in [-0.39, 0.29) is 11.8 Å². The highest BCUT2D eigenvalue weighted by atomic mass is 16.2. The van der Waals surface area contributed by atoms with E-state index in [1.54, 1.807) is 0 Å². The second-order valence-electron chi connectivity index (χ2n) is 6.66. The summed E-state index contributed by atoms with van der Waals surface area (Å²) in [6.07, 6.45) is 2.75. The van der Waals surface area contributed by atoms with Crippen LogP contribution in [0.2, 0.25) is 0 Å². The Bertz CT molecular complexity index is 913. The summed E-state index contributed by atoms with van der Waals surface area (Å²) in [5.74, 6) is 1.43. The van der Waals surface area contributed by atoms with Crippen molar-refractivity contribution in [2.24, 2.45) is 0 Å². The van der Waals surface area contributed by atoms with Crippen LogP contribution >= 0.6 is 0 Å². The standard InChI is InChI=1S/C20H22N4O/c1-3-24-18(22-17-5-4-11-21-19(17)24)16-10-12-23(13-16)20(25)15-8-6-14(2)7-9-15/h4-9,11,16H,3,10,12-13H2,1-2H3. The van der Waals surface area contributed by atoms with Crippen molar-refractivity contribution in [1.29, 1.82) is 0 Å². The molecule has 1 aromatic carbocycles. The second-order valence-corrected chi connectivity index (χ2v) is 6.66. The van der Waals surface area contributed by atoms with Crippen molar-refractivity contribution in [3.63, 3.8) is 0 Å². The van der Waals surface area contributed by atoms with Crippen molar-refractivity contribution in [2.75, 3.05) is 13.1 Å². The number of pyridine rings is 1. The Morgan fingerprint density at radius 2 is 2.04 bits per heavy atom. The van der Waals surface area contributed by atoms with Gasteiger partial charge in [-0.1, -0.05) is 17.7 Å². The normalized spacial score (nSPS) is 17.4. The van der Waals surface area contributed by atoms with Gasteiger partial charge in [0.25, 0.3) is 5.91 Å². The van der Waals surface area contributed by atoms with Gasteiger partial charge in [0.1, 0.15) is 11.3 Å². The van der Waals surface area contributed by atoms with Crippen LogP contribution in [-0.2, 0) is 6.54 Å². The first-order valence-electron chi connectivity index (χ1n) is 8.84. The van der Waals surface area contributed by atoms with Gasteiger partial charge in [-0.3, -0.25) is 4.79 Å². The van der Waals surface area contributed by atoms with E-state index in [1.807, 2.05) is 54.4 Å². The summed E-state index contributed by atoms with van der Waals surface area (Å²) in [6.45, 7) is 6.48. The van der Waals surface area contributed by atoms with E-state index in [4.69, 9.17) is 4.98 Å². The molecule has 1 unspecified atom stereocenters. The summed E-state index contributed by atoms with van der Waals surface area (Å²) in [6, 6.07) is 11.7. The molecule has 5 nitrogen and oxygen atoms in total. The molecule has 25 heavy (non-hydrogen) atoms. The Labute approximate surface area is 147 Å². The molecule has 1 saturated heterocycles. The molecule has 3 heterocycles. The monoisotopic (exact) mass is 334 g/mol. The molecular weight excluding hydrogens is 312 g/mol. The highest BCUT2D eigenvalue weighted by Gasteiger charge is 2.31. The lowest BCUT2D eigenvalue weighted by atomic mass is 10.1. The highest BCUT2D eigenvalue weighted by molar-refractivity contribution is 5.94. The van der Waals surface area contributed by atoms with Crippen molar-refractivity contribution in [1.82, 2.24) is 19.4 Å². The highest BCUT2D eigenvalue weighted by Crippen LogP contribution is 2.29. The van der Waals surface area contributed by atoms with Gasteiger partial charge in [-0.25, -0.2) is 9.97 Å². The smallest absolute Gasteiger partial charge is 0.253 e. The molecule has 3 aromatic rings. The van der Waals surface area contributed by atoms with Gasteiger partial charge in [-0.2, -0.15) is 0 Å². The zero-order valence-electron chi connectivity index (χ0n) is 14.6. The van der Waals surface area contributed by atoms with Gasteiger partial charge in [-0.05, 0) is 44.5 Å². The molecule has 0 radical (unpaired) electrons. The van der Waals surface area contributed by atoms with E-state index in [2.05, 4.69) is 16.5 Å². The number of hydrogen-bond acceptors (Lipinski definition) is 3. The molecule has 1 aliphatic rings. The lowest BCUT2D eigenvalue weighted by molar-refractivity contribution is 0.0790. The third-order valence-corrected chi connectivity index (χ3v) is 4.99. The van der Waals surface area contributed by atoms with E-state index in [1.165, 1.54) is 5.56 Å². The van der Waals surface area contributed by atoms with Crippen LogP contribution in [0.4, 0.5) is 0 Å². The topological polar surface area (TPSA) is 51.0 Å². The molecule has 1 amide bonds. The van der Waals surface area contributed by atoms with Crippen LogP contribution in [0.3, 0.4) is 0 Å². The van der Waals surface area contributed by atoms with Gasteiger partial charge in [-0.15, -0.1) is 0 Å². The van der Waals surface area contributed by atoms with Gasteiger partial charge < -0.3 is 9.47 Å². The molecule has 128 valence electrons. The first-order valence-corrected chi connectivity index (χ1v) is 8.84. The van der Waals surface area contributed by atoms with Gasteiger partial charge in [0.15, 0.2) is 5.65 Å². The Morgan fingerprint density at radius 3 is 2.80 bits per heavy atom. The summed E-state index contributed by atoms with van der Waals surface area (Å²) in [5.41, 5.74) is 3.79. The minimum Gasteiger partial charge on any atom is -0.338 e. The van der Waals surface area contributed by atoms with Crippen LogP contribution in [0.25, 0.3) is 11.2 Å². The van der Waals surface area contributed by atoms with Crippen LogP contribution in [0.1, 0.15) is 41.0 Å². The molecule has 1 aliphatic heterocycles. The van der Waals surface area contributed by atoms with Crippen LogP contribution < -0.4 is 0 Å². The van der Waals surface area contributed by atoms with Gasteiger partial charge in [0.2, 0.25) is 0 Å². The molecule has 0 bridgehead atoms. The number of rotatable bonds is 3. The predicted octanol–water partition coefficient (Wildman–Crippen LogP) is 3.39. The third-order valence-electron chi connectivity index (χ3n) is 4.99. The van der Waals surface area contributed by atoms with Crippen molar-refractivity contribution in [3.05, 3.63) is 59.5 Å². The van der Waals surface area contributed by atoms with Crippen LogP contribution in [-0.4, -0.2) is 38.4 Å². The average molecular weight is 334 g/mol. The number of carbonyl (C=O) groups is 1. The van der Waals surface area contributed by atoms with Crippen LogP contribution in [0.5, 0.6) is 0 Å². The number of hydrogen-bond donors (Lipinski definition) is 0. The third kappa shape index (κ3) is 2.80. The lowest BCUT2D eigenvalue weighted by Crippen LogP contribution is -2.28. The number of aryl methyl sites for hydroxylation is 2. The number of benzene rings is 1. The van der Waals surface area contributed by atoms with Gasteiger partial charge in [0.05, 0.1) is 0 Å². The number of fused-ring (bicyclic) bond motifs is 1. The number of imidazole rings is 1. The van der Waals surface area contributed by atoms with Crippen molar-refractivity contribution < 1.29 is 4.79 Å². The molecule has 0 saturated carbocycles. The first-order chi connectivity index (χ1) is 12.2. The summed E-state index contributed by atoms with van der Waals surface area (Å²) < 4.78 is 2.18. The van der Waals surface area contributed by atoms with Crippen molar-refractivity contribution >= 4 is 17.1 Å². The predicted molar refractivity (Wildman–Crippen MR) is 97.6 cm³/mol. The molecule has 0 spiro atoms. The zero-order valence-corrected chi connectivity index (χ0v) is 14.6. The number of likely N-dealkylation sites (tertiary alicyclic amines) is 1. The minimum atomic E-state index is 0.111. The van der Waals surface area contributed by atoms with Gasteiger partial charge in [0, 0.05) is 37.3 Å². The maximum atomic E-state index is 12.7. The fourth-order valence-electron chi connectivity index (χ4n) is 3.63. The van der Waals surface area contributed by atoms with Crippen molar-refractivity contribution in [2.45, 2.75) is 32.7 Å². The Hall–Kier alpha value is -2.69. The zero-order chi connectivity index (χ0) is 17.4. The fourth-order valence-corrected chi connectivity index (χ4v) is 3.63. The number of carbonyl (C=O) groups excluding carboxylic acids is 1.